The van der Waals surface area contributed by atoms with Crippen LogP contribution in [0.2, 0.25) is 0 Å². The van der Waals surface area contributed by atoms with Gasteiger partial charge in [-0.05, 0) is 37.5 Å². The summed E-state index contributed by atoms with van der Waals surface area (Å²) in [5, 5.41) is 0.556. The first kappa shape index (κ1) is 13.0. The zero-order valence-corrected chi connectivity index (χ0v) is 11.0. The van der Waals surface area contributed by atoms with Crippen LogP contribution in [0.3, 0.4) is 0 Å². The van der Waals surface area contributed by atoms with Crippen LogP contribution < -0.4 is 0 Å². The van der Waals surface area contributed by atoms with E-state index < -0.39 is 0 Å². The standard InChI is InChI=1S/C13H19NOS/c1-11(15-13(16)14(2)3)9-10-12-7-5-4-6-8-12/h4-8,11H,9-10H2,1-3H3. The SMILES string of the molecule is CC(CCc1ccccc1)OC(=S)N(C)C. The lowest BCUT2D eigenvalue weighted by atomic mass is 10.1. The van der Waals surface area contributed by atoms with E-state index in [2.05, 4.69) is 31.2 Å². The van der Waals surface area contributed by atoms with Crippen molar-refractivity contribution in [2.24, 2.45) is 0 Å². The molecule has 1 atom stereocenters. The van der Waals surface area contributed by atoms with Gasteiger partial charge >= 0.3 is 0 Å². The molecule has 0 amide bonds. The van der Waals surface area contributed by atoms with Gasteiger partial charge in [-0.2, -0.15) is 0 Å². The molecule has 1 rings (SSSR count). The van der Waals surface area contributed by atoms with E-state index in [1.54, 1.807) is 0 Å². The first-order valence-corrected chi connectivity index (χ1v) is 5.92. The molecule has 0 radical (unpaired) electrons. The van der Waals surface area contributed by atoms with Crippen molar-refractivity contribution >= 4 is 17.4 Å². The van der Waals surface area contributed by atoms with Crippen LogP contribution in [0.1, 0.15) is 18.9 Å². The lowest BCUT2D eigenvalue weighted by Gasteiger charge is -2.19. The largest absolute Gasteiger partial charge is 0.468 e. The summed E-state index contributed by atoms with van der Waals surface area (Å²) >= 11 is 5.09. The number of hydrogen-bond acceptors (Lipinski definition) is 2. The second-order valence-electron chi connectivity index (χ2n) is 4.11. The van der Waals surface area contributed by atoms with E-state index in [1.165, 1.54) is 5.56 Å². The highest BCUT2D eigenvalue weighted by Gasteiger charge is 2.07. The number of thiocarbonyl (C=S) groups is 1. The van der Waals surface area contributed by atoms with Crippen molar-refractivity contribution in [3.8, 4) is 0 Å². The molecule has 0 heterocycles. The van der Waals surface area contributed by atoms with Gasteiger partial charge in [-0.25, -0.2) is 0 Å². The van der Waals surface area contributed by atoms with Gasteiger partial charge in [0.2, 0.25) is 0 Å². The highest BCUT2D eigenvalue weighted by atomic mass is 32.1. The molecule has 0 N–H and O–H groups in total. The maximum atomic E-state index is 5.59. The first-order chi connectivity index (χ1) is 7.59. The van der Waals surface area contributed by atoms with E-state index >= 15 is 0 Å². The fourth-order valence-electron chi connectivity index (χ4n) is 1.35. The van der Waals surface area contributed by atoms with Gasteiger partial charge in [0.25, 0.3) is 5.17 Å². The van der Waals surface area contributed by atoms with Crippen LogP contribution in [0.25, 0.3) is 0 Å². The minimum absolute atomic E-state index is 0.162. The Labute approximate surface area is 103 Å². The molecule has 0 aliphatic carbocycles. The Morgan fingerprint density at radius 1 is 1.31 bits per heavy atom. The Kier molecular flexibility index (Phi) is 5.26. The van der Waals surface area contributed by atoms with Crippen LogP contribution in [0, 0.1) is 0 Å². The Balaban J connectivity index is 2.30. The first-order valence-electron chi connectivity index (χ1n) is 5.51. The minimum atomic E-state index is 0.162. The van der Waals surface area contributed by atoms with E-state index in [0.29, 0.717) is 5.17 Å². The predicted molar refractivity (Wildman–Crippen MR) is 71.6 cm³/mol. The molecule has 0 fully saturated rings. The molecule has 0 aliphatic heterocycles. The van der Waals surface area contributed by atoms with Gasteiger partial charge in [-0.3, -0.25) is 0 Å². The molecular formula is C13H19NOS. The molecule has 16 heavy (non-hydrogen) atoms. The molecule has 0 bridgehead atoms. The number of aryl methyl sites for hydroxylation is 1. The molecule has 0 spiro atoms. The second-order valence-corrected chi connectivity index (χ2v) is 4.46. The van der Waals surface area contributed by atoms with Crippen LogP contribution in [-0.4, -0.2) is 30.3 Å². The lowest BCUT2D eigenvalue weighted by Crippen LogP contribution is -2.26. The van der Waals surface area contributed by atoms with E-state index in [0.717, 1.165) is 12.8 Å². The quantitative estimate of drug-likeness (QED) is 0.747. The number of nitrogens with zero attached hydrogens (tertiary/aromatic N) is 1. The third kappa shape index (κ3) is 4.62. The number of hydrogen-bond donors (Lipinski definition) is 0. The number of ether oxygens (including phenoxy) is 1. The van der Waals surface area contributed by atoms with Crippen molar-refractivity contribution in [3.05, 3.63) is 35.9 Å². The van der Waals surface area contributed by atoms with E-state index in [1.807, 2.05) is 25.1 Å². The third-order valence-electron chi connectivity index (χ3n) is 2.35. The topological polar surface area (TPSA) is 12.5 Å². The molecule has 1 unspecified atom stereocenters. The van der Waals surface area contributed by atoms with Crippen molar-refractivity contribution in [2.75, 3.05) is 14.1 Å². The summed E-state index contributed by atoms with van der Waals surface area (Å²) < 4.78 is 5.59. The fourth-order valence-corrected chi connectivity index (χ4v) is 1.52. The van der Waals surface area contributed by atoms with Crippen LogP contribution in [0.4, 0.5) is 0 Å². The normalized spacial score (nSPS) is 11.9. The molecule has 1 aromatic rings. The average Bonchev–Trinajstić information content (AvgIpc) is 2.27. The van der Waals surface area contributed by atoms with Gasteiger partial charge in [0.1, 0.15) is 0 Å². The van der Waals surface area contributed by atoms with Gasteiger partial charge < -0.3 is 9.64 Å². The monoisotopic (exact) mass is 237 g/mol. The summed E-state index contributed by atoms with van der Waals surface area (Å²) in [6.45, 7) is 2.05. The second kappa shape index (κ2) is 6.48. The van der Waals surface area contributed by atoms with E-state index in [-0.39, 0.29) is 6.10 Å². The molecule has 0 aromatic heterocycles. The summed E-state index contributed by atoms with van der Waals surface area (Å²) in [4.78, 5) is 1.81. The smallest absolute Gasteiger partial charge is 0.259 e. The summed E-state index contributed by atoms with van der Waals surface area (Å²) in [6, 6.07) is 10.4. The maximum absolute atomic E-state index is 5.59. The summed E-state index contributed by atoms with van der Waals surface area (Å²) in [5.74, 6) is 0. The molecule has 2 nitrogen and oxygen atoms in total. The minimum Gasteiger partial charge on any atom is -0.468 e. The van der Waals surface area contributed by atoms with Gasteiger partial charge in [0, 0.05) is 14.1 Å². The Morgan fingerprint density at radius 2 is 1.94 bits per heavy atom. The van der Waals surface area contributed by atoms with Crippen LogP contribution >= 0.6 is 12.2 Å². The van der Waals surface area contributed by atoms with Crippen molar-refractivity contribution in [2.45, 2.75) is 25.9 Å². The molecular weight excluding hydrogens is 218 g/mol. The lowest BCUT2D eigenvalue weighted by molar-refractivity contribution is 0.176. The Hall–Kier alpha value is -1.09. The maximum Gasteiger partial charge on any atom is 0.259 e. The predicted octanol–water partition coefficient (Wildman–Crippen LogP) is 2.87. The van der Waals surface area contributed by atoms with Crippen molar-refractivity contribution in [1.29, 1.82) is 0 Å². The Bertz CT molecular complexity index is 324. The number of benzene rings is 1. The third-order valence-corrected chi connectivity index (χ3v) is 2.81. The highest BCUT2D eigenvalue weighted by molar-refractivity contribution is 7.80. The van der Waals surface area contributed by atoms with Gasteiger partial charge in [-0.1, -0.05) is 30.3 Å². The molecule has 0 aliphatic rings. The number of rotatable bonds is 4. The van der Waals surface area contributed by atoms with Crippen LogP contribution in [0.15, 0.2) is 30.3 Å². The van der Waals surface area contributed by atoms with Crippen LogP contribution in [-0.2, 0) is 11.2 Å². The van der Waals surface area contributed by atoms with Gasteiger partial charge in [0.05, 0.1) is 6.10 Å². The van der Waals surface area contributed by atoms with Gasteiger partial charge in [0.15, 0.2) is 0 Å². The zero-order chi connectivity index (χ0) is 12.0. The fraction of sp³-hybridized carbons (Fsp3) is 0.462. The average molecular weight is 237 g/mol. The summed E-state index contributed by atoms with van der Waals surface area (Å²) in [6.07, 6.45) is 2.17. The van der Waals surface area contributed by atoms with Gasteiger partial charge in [-0.15, -0.1) is 0 Å². The van der Waals surface area contributed by atoms with E-state index in [9.17, 15) is 0 Å². The molecule has 3 heteroatoms. The summed E-state index contributed by atoms with van der Waals surface area (Å²) in [5.41, 5.74) is 1.34. The highest BCUT2D eigenvalue weighted by Crippen LogP contribution is 2.07. The van der Waals surface area contributed by atoms with Crippen molar-refractivity contribution < 1.29 is 4.74 Å². The van der Waals surface area contributed by atoms with Crippen LogP contribution in [0.5, 0.6) is 0 Å². The molecule has 0 saturated carbocycles. The molecule has 0 saturated heterocycles. The van der Waals surface area contributed by atoms with Crippen molar-refractivity contribution in [1.82, 2.24) is 4.90 Å². The summed E-state index contributed by atoms with van der Waals surface area (Å²) in [7, 11) is 3.79. The molecule has 1 aromatic carbocycles. The zero-order valence-electron chi connectivity index (χ0n) is 10.1. The van der Waals surface area contributed by atoms with E-state index in [4.69, 9.17) is 17.0 Å². The van der Waals surface area contributed by atoms with Crippen molar-refractivity contribution in [3.63, 3.8) is 0 Å². The molecule has 88 valence electrons. The Morgan fingerprint density at radius 3 is 2.50 bits per heavy atom.